The molecule has 0 bridgehead atoms. The van der Waals surface area contributed by atoms with Gasteiger partial charge >= 0.3 is 5.97 Å². The summed E-state index contributed by atoms with van der Waals surface area (Å²) in [5.74, 6) is -0.308. The first-order chi connectivity index (χ1) is 11.6. The zero-order valence-corrected chi connectivity index (χ0v) is 16.4. The van der Waals surface area contributed by atoms with Crippen LogP contribution in [0.3, 0.4) is 0 Å². The summed E-state index contributed by atoms with van der Waals surface area (Å²) >= 11 is 0. The van der Waals surface area contributed by atoms with E-state index in [0.717, 1.165) is 19.3 Å². The Kier molecular flexibility index (Phi) is 7.88. The first kappa shape index (κ1) is 21.4. The average Bonchev–Trinajstić information content (AvgIpc) is 2.93. The van der Waals surface area contributed by atoms with Crippen LogP contribution in [0, 0.1) is 23.2 Å². The Morgan fingerprint density at radius 1 is 1.32 bits per heavy atom. The van der Waals surface area contributed by atoms with E-state index in [4.69, 9.17) is 4.74 Å². The fraction of sp³-hybridized carbons (Fsp3) is 0.842. The van der Waals surface area contributed by atoms with Crippen molar-refractivity contribution < 1.29 is 14.3 Å². The predicted molar refractivity (Wildman–Crippen MR) is 96.6 cm³/mol. The number of amides is 1. The molecule has 1 rings (SSSR count). The highest BCUT2D eigenvalue weighted by Gasteiger charge is 2.43. The van der Waals surface area contributed by atoms with E-state index in [9.17, 15) is 14.9 Å². The van der Waals surface area contributed by atoms with Crippen molar-refractivity contribution in [1.29, 1.82) is 5.26 Å². The molecule has 1 unspecified atom stereocenters. The zero-order chi connectivity index (χ0) is 19.2. The molecule has 0 aromatic heterocycles. The molecule has 2 N–H and O–H groups in total. The molecule has 0 aromatic carbocycles. The lowest BCUT2D eigenvalue weighted by atomic mass is 9.86. The van der Waals surface area contributed by atoms with E-state index >= 15 is 0 Å². The molecule has 6 heteroatoms. The normalized spacial score (nSPS) is 24.6. The number of carbonyl (C=O) groups excluding carboxylic acids is 2. The summed E-state index contributed by atoms with van der Waals surface area (Å²) < 4.78 is 5.45. The van der Waals surface area contributed by atoms with E-state index in [1.54, 1.807) is 0 Å². The minimum absolute atomic E-state index is 0.116. The second kappa shape index (κ2) is 9.19. The van der Waals surface area contributed by atoms with E-state index in [1.165, 1.54) is 6.92 Å². The molecule has 1 heterocycles. The summed E-state index contributed by atoms with van der Waals surface area (Å²) in [6.07, 6.45) is 3.25. The van der Waals surface area contributed by atoms with E-state index in [0.29, 0.717) is 12.3 Å². The zero-order valence-electron chi connectivity index (χ0n) is 16.4. The number of rotatable bonds is 7. The maximum atomic E-state index is 12.4. The molecule has 0 aliphatic carbocycles. The van der Waals surface area contributed by atoms with Crippen molar-refractivity contribution in [2.45, 2.75) is 91.0 Å². The Morgan fingerprint density at radius 2 is 1.92 bits per heavy atom. The van der Waals surface area contributed by atoms with Gasteiger partial charge in [-0.1, -0.05) is 26.7 Å². The Bertz CT molecular complexity index is 503. The number of hydrogen-bond donors (Lipinski definition) is 2. The summed E-state index contributed by atoms with van der Waals surface area (Å²) in [6.45, 7) is 11.2. The van der Waals surface area contributed by atoms with Gasteiger partial charge in [-0.3, -0.25) is 14.9 Å². The molecule has 25 heavy (non-hydrogen) atoms. The SMILES string of the molecule is CCC(CC)C[C@H](NC(C)=O)[C@@H]1NC(C(=O)OC(C)(C)C)C[C@H]1C#N. The Labute approximate surface area is 151 Å². The van der Waals surface area contributed by atoms with Crippen molar-refractivity contribution in [3.8, 4) is 6.07 Å². The fourth-order valence-corrected chi connectivity index (χ4v) is 3.42. The monoisotopic (exact) mass is 351 g/mol. The highest BCUT2D eigenvalue weighted by molar-refractivity contribution is 5.77. The van der Waals surface area contributed by atoms with E-state index in [2.05, 4.69) is 30.6 Å². The molecule has 1 saturated heterocycles. The fourth-order valence-electron chi connectivity index (χ4n) is 3.42. The molecular weight excluding hydrogens is 318 g/mol. The van der Waals surface area contributed by atoms with Crippen molar-refractivity contribution in [3.05, 3.63) is 0 Å². The third kappa shape index (κ3) is 6.66. The summed E-state index contributed by atoms with van der Waals surface area (Å²) in [5, 5.41) is 15.8. The molecule has 1 aliphatic heterocycles. The predicted octanol–water partition coefficient (Wildman–Crippen LogP) is 2.53. The highest BCUT2D eigenvalue weighted by atomic mass is 16.6. The van der Waals surface area contributed by atoms with Crippen molar-refractivity contribution in [2.75, 3.05) is 0 Å². The number of nitrogens with one attached hydrogen (secondary N) is 2. The molecule has 4 atom stereocenters. The quantitative estimate of drug-likeness (QED) is 0.688. The van der Waals surface area contributed by atoms with E-state index in [1.807, 2.05) is 20.8 Å². The Balaban J connectivity index is 2.91. The third-order valence-corrected chi connectivity index (χ3v) is 4.74. The largest absolute Gasteiger partial charge is 0.459 e. The van der Waals surface area contributed by atoms with Gasteiger partial charge in [-0.15, -0.1) is 0 Å². The molecule has 6 nitrogen and oxygen atoms in total. The van der Waals surface area contributed by atoms with Crippen LogP contribution >= 0.6 is 0 Å². The first-order valence-electron chi connectivity index (χ1n) is 9.26. The lowest BCUT2D eigenvalue weighted by Crippen LogP contribution is -2.52. The number of nitrogens with zero attached hydrogens (tertiary/aromatic N) is 1. The average molecular weight is 351 g/mol. The Morgan fingerprint density at radius 3 is 2.36 bits per heavy atom. The van der Waals surface area contributed by atoms with Gasteiger partial charge < -0.3 is 10.1 Å². The summed E-state index contributed by atoms with van der Waals surface area (Å²) in [5.41, 5.74) is -0.564. The van der Waals surface area contributed by atoms with Crippen LogP contribution in [-0.4, -0.2) is 35.6 Å². The number of hydrogen-bond acceptors (Lipinski definition) is 5. The van der Waals surface area contributed by atoms with Crippen LogP contribution in [0.2, 0.25) is 0 Å². The van der Waals surface area contributed by atoms with Crippen LogP contribution in [0.1, 0.15) is 67.2 Å². The van der Waals surface area contributed by atoms with Gasteiger partial charge in [-0.05, 0) is 39.5 Å². The van der Waals surface area contributed by atoms with E-state index in [-0.39, 0.29) is 29.9 Å². The van der Waals surface area contributed by atoms with Crippen molar-refractivity contribution in [3.63, 3.8) is 0 Å². The van der Waals surface area contributed by atoms with Gasteiger partial charge in [0.15, 0.2) is 0 Å². The van der Waals surface area contributed by atoms with Crippen LogP contribution < -0.4 is 10.6 Å². The van der Waals surface area contributed by atoms with Crippen LogP contribution in [0.4, 0.5) is 0 Å². The maximum Gasteiger partial charge on any atom is 0.323 e. The van der Waals surface area contributed by atoms with Gasteiger partial charge in [0.05, 0.1) is 12.0 Å². The number of nitriles is 1. The standard InChI is InChI=1S/C19H33N3O3/c1-7-13(8-2)9-15(21-12(3)23)17-14(11-20)10-16(22-17)18(24)25-19(4,5)6/h13-17,22H,7-10H2,1-6H3,(H,21,23)/t14-,15-,16?,17+/m0/s1. The van der Waals surface area contributed by atoms with Crippen molar-refractivity contribution in [1.82, 2.24) is 10.6 Å². The first-order valence-corrected chi connectivity index (χ1v) is 9.26. The molecule has 0 radical (unpaired) electrons. The van der Waals surface area contributed by atoms with Gasteiger partial charge in [0, 0.05) is 19.0 Å². The second-order valence-corrected chi connectivity index (χ2v) is 7.98. The van der Waals surface area contributed by atoms with Gasteiger partial charge in [0.2, 0.25) is 5.91 Å². The summed E-state index contributed by atoms with van der Waals surface area (Å²) in [6, 6.07) is 1.38. The molecule has 1 amide bonds. The molecule has 0 spiro atoms. The minimum Gasteiger partial charge on any atom is -0.459 e. The van der Waals surface area contributed by atoms with Crippen LogP contribution in [0.5, 0.6) is 0 Å². The third-order valence-electron chi connectivity index (χ3n) is 4.74. The number of esters is 1. The lowest BCUT2D eigenvalue weighted by Gasteiger charge is -2.30. The highest BCUT2D eigenvalue weighted by Crippen LogP contribution is 2.28. The summed E-state index contributed by atoms with van der Waals surface area (Å²) in [4.78, 5) is 24.0. The van der Waals surface area contributed by atoms with E-state index < -0.39 is 11.6 Å². The molecule has 1 fully saturated rings. The van der Waals surface area contributed by atoms with Crippen molar-refractivity contribution >= 4 is 11.9 Å². The maximum absolute atomic E-state index is 12.4. The molecule has 142 valence electrons. The van der Waals surface area contributed by atoms with Gasteiger partial charge in [0.25, 0.3) is 0 Å². The topological polar surface area (TPSA) is 91.2 Å². The minimum atomic E-state index is -0.564. The lowest BCUT2D eigenvalue weighted by molar-refractivity contribution is -0.157. The van der Waals surface area contributed by atoms with Crippen LogP contribution in [0.25, 0.3) is 0 Å². The second-order valence-electron chi connectivity index (χ2n) is 7.98. The van der Waals surface area contributed by atoms with Gasteiger partial charge in [0.1, 0.15) is 11.6 Å². The number of ether oxygens (including phenoxy) is 1. The van der Waals surface area contributed by atoms with Crippen molar-refractivity contribution in [2.24, 2.45) is 11.8 Å². The van der Waals surface area contributed by atoms with Gasteiger partial charge in [-0.25, -0.2) is 0 Å². The van der Waals surface area contributed by atoms with Gasteiger partial charge in [-0.2, -0.15) is 5.26 Å². The molecular formula is C19H33N3O3. The molecule has 0 saturated carbocycles. The summed E-state index contributed by atoms with van der Waals surface area (Å²) in [7, 11) is 0. The molecule has 0 aromatic rings. The van der Waals surface area contributed by atoms with Crippen LogP contribution in [-0.2, 0) is 14.3 Å². The number of carbonyl (C=O) groups is 2. The molecule has 1 aliphatic rings. The smallest absolute Gasteiger partial charge is 0.323 e. The van der Waals surface area contributed by atoms with Crippen LogP contribution in [0.15, 0.2) is 0 Å². The Hall–Kier alpha value is -1.61.